The van der Waals surface area contributed by atoms with Crippen LogP contribution in [0.1, 0.15) is 23.4 Å². The molecule has 0 bridgehead atoms. The van der Waals surface area contributed by atoms with Crippen LogP contribution in [-0.2, 0) is 22.6 Å². The molecule has 0 spiro atoms. The van der Waals surface area contributed by atoms with Crippen molar-refractivity contribution in [3.8, 4) is 6.07 Å². The molecule has 3 aromatic rings. The molecule has 1 heterocycles. The molecule has 1 aromatic heterocycles. The number of nitrogens with zero attached hydrogens (tertiary/aromatic N) is 2. The molecule has 0 saturated carbocycles. The molecule has 0 aliphatic heterocycles. The van der Waals surface area contributed by atoms with Gasteiger partial charge in [-0.05, 0) is 18.2 Å². The van der Waals surface area contributed by atoms with Gasteiger partial charge in [-0.2, -0.15) is 5.26 Å². The van der Waals surface area contributed by atoms with E-state index < -0.39 is 5.97 Å². The quantitative estimate of drug-likeness (QED) is 0.724. The standard InChI is InChI=1S/C19H15N3O3/c20-11-13-5-1-2-6-14(13)12-25-18(23)10-9-17-21-16-8-4-3-7-15(16)19(24)22-17/h1-8H,9-10,12H2,(H,21,22,24). The number of nitriles is 1. The number of carbonyl (C=O) groups is 1. The van der Waals surface area contributed by atoms with E-state index in [0.717, 1.165) is 0 Å². The third-order valence-corrected chi connectivity index (χ3v) is 3.75. The van der Waals surface area contributed by atoms with E-state index in [1.54, 1.807) is 48.5 Å². The van der Waals surface area contributed by atoms with Crippen LogP contribution in [-0.4, -0.2) is 15.9 Å². The molecule has 0 saturated heterocycles. The summed E-state index contributed by atoms with van der Waals surface area (Å²) in [6.45, 7) is 0.0459. The maximum absolute atomic E-state index is 12.0. The van der Waals surface area contributed by atoms with Crippen molar-refractivity contribution < 1.29 is 9.53 Å². The number of para-hydroxylation sites is 1. The van der Waals surface area contributed by atoms with Gasteiger partial charge in [0.25, 0.3) is 5.56 Å². The third kappa shape index (κ3) is 3.90. The number of fused-ring (bicyclic) bond motifs is 1. The second-order valence-electron chi connectivity index (χ2n) is 5.46. The topological polar surface area (TPSA) is 95.8 Å². The van der Waals surface area contributed by atoms with Crippen LogP contribution < -0.4 is 5.56 Å². The van der Waals surface area contributed by atoms with Gasteiger partial charge in [0.05, 0.1) is 29.0 Å². The highest BCUT2D eigenvalue weighted by Crippen LogP contribution is 2.10. The number of ether oxygens (including phenoxy) is 1. The number of H-pyrrole nitrogens is 1. The Morgan fingerprint density at radius 2 is 1.92 bits per heavy atom. The average molecular weight is 333 g/mol. The summed E-state index contributed by atoms with van der Waals surface area (Å²) in [5.41, 5.74) is 1.51. The number of rotatable bonds is 5. The predicted octanol–water partition coefficient (Wildman–Crippen LogP) is 2.47. The first-order valence-electron chi connectivity index (χ1n) is 7.79. The van der Waals surface area contributed by atoms with Crippen molar-refractivity contribution in [2.45, 2.75) is 19.4 Å². The summed E-state index contributed by atoms with van der Waals surface area (Å²) < 4.78 is 5.20. The molecule has 1 N–H and O–H groups in total. The van der Waals surface area contributed by atoms with Crippen molar-refractivity contribution in [1.82, 2.24) is 9.97 Å². The second-order valence-corrected chi connectivity index (χ2v) is 5.46. The van der Waals surface area contributed by atoms with E-state index in [1.807, 2.05) is 0 Å². The molecular weight excluding hydrogens is 318 g/mol. The summed E-state index contributed by atoms with van der Waals surface area (Å²) in [5.74, 6) is 0.0293. The van der Waals surface area contributed by atoms with Gasteiger partial charge in [0.1, 0.15) is 12.4 Å². The lowest BCUT2D eigenvalue weighted by Gasteiger charge is -2.06. The van der Waals surface area contributed by atoms with Crippen molar-refractivity contribution in [3.05, 3.63) is 75.8 Å². The Hall–Kier alpha value is -3.46. The summed E-state index contributed by atoms with van der Waals surface area (Å²) >= 11 is 0. The highest BCUT2D eigenvalue weighted by Gasteiger charge is 2.09. The summed E-state index contributed by atoms with van der Waals surface area (Å²) in [6, 6.07) is 16.1. The summed E-state index contributed by atoms with van der Waals surface area (Å²) in [4.78, 5) is 30.9. The highest BCUT2D eigenvalue weighted by atomic mass is 16.5. The number of aryl methyl sites for hydroxylation is 1. The number of hydrogen-bond acceptors (Lipinski definition) is 5. The molecule has 6 nitrogen and oxygen atoms in total. The lowest BCUT2D eigenvalue weighted by atomic mass is 10.1. The molecule has 0 radical (unpaired) electrons. The van der Waals surface area contributed by atoms with Crippen LogP contribution in [0.5, 0.6) is 0 Å². The van der Waals surface area contributed by atoms with E-state index in [4.69, 9.17) is 10.00 Å². The first-order chi connectivity index (χ1) is 12.2. The molecule has 0 fully saturated rings. The molecule has 0 aliphatic rings. The maximum atomic E-state index is 12.0. The zero-order valence-corrected chi connectivity index (χ0v) is 13.4. The van der Waals surface area contributed by atoms with Crippen LogP contribution in [0.2, 0.25) is 0 Å². The fraction of sp³-hybridized carbons (Fsp3) is 0.158. The van der Waals surface area contributed by atoms with Crippen LogP contribution in [0, 0.1) is 11.3 Å². The van der Waals surface area contributed by atoms with Crippen molar-refractivity contribution in [3.63, 3.8) is 0 Å². The van der Waals surface area contributed by atoms with E-state index in [2.05, 4.69) is 16.0 Å². The van der Waals surface area contributed by atoms with Gasteiger partial charge in [-0.3, -0.25) is 9.59 Å². The van der Waals surface area contributed by atoms with Crippen molar-refractivity contribution in [2.24, 2.45) is 0 Å². The molecule has 0 aliphatic carbocycles. The maximum Gasteiger partial charge on any atom is 0.306 e. The highest BCUT2D eigenvalue weighted by molar-refractivity contribution is 5.77. The van der Waals surface area contributed by atoms with Gasteiger partial charge < -0.3 is 9.72 Å². The predicted molar refractivity (Wildman–Crippen MR) is 91.6 cm³/mol. The average Bonchev–Trinajstić information content (AvgIpc) is 2.65. The van der Waals surface area contributed by atoms with Gasteiger partial charge in [-0.25, -0.2) is 4.98 Å². The third-order valence-electron chi connectivity index (χ3n) is 3.75. The number of hydrogen-bond donors (Lipinski definition) is 1. The molecule has 124 valence electrons. The first kappa shape index (κ1) is 16.4. The SMILES string of the molecule is N#Cc1ccccc1COC(=O)CCc1nc2ccccc2c(=O)[nH]1. The van der Waals surface area contributed by atoms with Crippen LogP contribution in [0.15, 0.2) is 53.3 Å². The van der Waals surface area contributed by atoms with Crippen LogP contribution in [0.3, 0.4) is 0 Å². The number of carbonyl (C=O) groups excluding carboxylic acids is 1. The largest absolute Gasteiger partial charge is 0.461 e. The Kier molecular flexibility index (Phi) is 4.86. The molecule has 3 rings (SSSR count). The number of benzene rings is 2. The molecule has 25 heavy (non-hydrogen) atoms. The molecule has 2 aromatic carbocycles. The van der Waals surface area contributed by atoms with Gasteiger partial charge in [0.2, 0.25) is 0 Å². The molecule has 6 heteroatoms. The van der Waals surface area contributed by atoms with Crippen molar-refractivity contribution >= 4 is 16.9 Å². The van der Waals surface area contributed by atoms with Gasteiger partial charge in [-0.15, -0.1) is 0 Å². The minimum Gasteiger partial charge on any atom is -0.461 e. The summed E-state index contributed by atoms with van der Waals surface area (Å²) in [5, 5.41) is 9.53. The lowest BCUT2D eigenvalue weighted by molar-refractivity contribution is -0.144. The molecular formula is C19H15N3O3. The van der Waals surface area contributed by atoms with Crippen LogP contribution in [0.25, 0.3) is 10.9 Å². The Balaban J connectivity index is 1.61. The molecule has 0 amide bonds. The fourth-order valence-corrected chi connectivity index (χ4v) is 2.46. The normalized spacial score (nSPS) is 10.4. The fourth-order valence-electron chi connectivity index (χ4n) is 2.46. The van der Waals surface area contributed by atoms with E-state index in [9.17, 15) is 9.59 Å². The van der Waals surface area contributed by atoms with E-state index in [1.165, 1.54) is 0 Å². The summed E-state index contributed by atoms with van der Waals surface area (Å²) in [7, 11) is 0. The second kappa shape index (κ2) is 7.41. The minimum atomic E-state index is -0.413. The van der Waals surface area contributed by atoms with Crippen LogP contribution >= 0.6 is 0 Å². The Morgan fingerprint density at radius 1 is 1.16 bits per heavy atom. The Morgan fingerprint density at radius 3 is 2.76 bits per heavy atom. The minimum absolute atomic E-state index is 0.0459. The monoisotopic (exact) mass is 333 g/mol. The number of esters is 1. The van der Waals surface area contributed by atoms with Gasteiger partial charge >= 0.3 is 5.97 Å². The summed E-state index contributed by atoms with van der Waals surface area (Å²) in [6.07, 6.45) is 0.370. The first-order valence-corrected chi connectivity index (χ1v) is 7.79. The van der Waals surface area contributed by atoms with Crippen molar-refractivity contribution in [2.75, 3.05) is 0 Å². The number of aromatic nitrogens is 2. The van der Waals surface area contributed by atoms with Crippen molar-refractivity contribution in [1.29, 1.82) is 5.26 Å². The molecule has 0 unspecified atom stereocenters. The Bertz CT molecular complexity index is 1020. The Labute approximate surface area is 143 Å². The van der Waals surface area contributed by atoms with E-state index >= 15 is 0 Å². The zero-order valence-electron chi connectivity index (χ0n) is 13.4. The van der Waals surface area contributed by atoms with E-state index in [-0.39, 0.29) is 25.0 Å². The smallest absolute Gasteiger partial charge is 0.306 e. The number of aromatic amines is 1. The van der Waals surface area contributed by atoms with Crippen LogP contribution in [0.4, 0.5) is 0 Å². The lowest BCUT2D eigenvalue weighted by Crippen LogP contribution is -2.14. The zero-order chi connectivity index (χ0) is 17.6. The van der Waals surface area contributed by atoms with E-state index in [0.29, 0.717) is 27.9 Å². The molecule has 0 atom stereocenters. The number of nitrogens with one attached hydrogen (secondary N) is 1. The van der Waals surface area contributed by atoms with Gasteiger partial charge in [-0.1, -0.05) is 30.3 Å². The van der Waals surface area contributed by atoms with Gasteiger partial charge in [0.15, 0.2) is 0 Å². The van der Waals surface area contributed by atoms with Gasteiger partial charge in [0, 0.05) is 12.0 Å².